The second-order valence-electron chi connectivity index (χ2n) is 5.73. The highest BCUT2D eigenvalue weighted by molar-refractivity contribution is 7.91. The molecule has 1 N–H and O–H groups in total. The molecule has 1 aliphatic heterocycles. The number of nitrogens with zero attached hydrogens (tertiary/aromatic N) is 1. The molecular formula is C16H15ClN2O2S2. The highest BCUT2D eigenvalue weighted by Crippen LogP contribution is 2.33. The third-order valence-corrected chi connectivity index (χ3v) is 7.76. The number of H-pyrrole nitrogens is 1. The summed E-state index contributed by atoms with van der Waals surface area (Å²) in [5.41, 5.74) is 3.13. The molecule has 1 aromatic carbocycles. The van der Waals surface area contributed by atoms with Gasteiger partial charge in [-0.25, -0.2) is 8.42 Å². The highest BCUT2D eigenvalue weighted by Gasteiger charge is 2.31. The van der Waals surface area contributed by atoms with Crippen LogP contribution in [0.15, 0.2) is 34.5 Å². The van der Waals surface area contributed by atoms with Crippen molar-refractivity contribution in [3.8, 4) is 0 Å². The van der Waals surface area contributed by atoms with Gasteiger partial charge in [-0.05, 0) is 36.8 Å². The van der Waals surface area contributed by atoms with Gasteiger partial charge in [0, 0.05) is 46.0 Å². The molecule has 3 heterocycles. The van der Waals surface area contributed by atoms with Crippen molar-refractivity contribution in [2.75, 3.05) is 6.54 Å². The number of rotatable bonds is 2. The summed E-state index contributed by atoms with van der Waals surface area (Å²) in [6.07, 6.45) is 0.686. The maximum Gasteiger partial charge on any atom is 0.252 e. The zero-order chi connectivity index (χ0) is 16.2. The number of fused-ring (bicyclic) bond motifs is 3. The molecule has 23 heavy (non-hydrogen) atoms. The van der Waals surface area contributed by atoms with Crippen molar-refractivity contribution >= 4 is 43.9 Å². The zero-order valence-corrected chi connectivity index (χ0v) is 14.9. The summed E-state index contributed by atoms with van der Waals surface area (Å²) in [6.45, 7) is 2.81. The van der Waals surface area contributed by atoms with Crippen LogP contribution in [0.1, 0.15) is 16.1 Å². The van der Waals surface area contributed by atoms with E-state index < -0.39 is 10.0 Å². The number of sulfonamides is 1. The van der Waals surface area contributed by atoms with Gasteiger partial charge >= 0.3 is 0 Å². The van der Waals surface area contributed by atoms with E-state index in [4.69, 9.17) is 11.6 Å². The summed E-state index contributed by atoms with van der Waals surface area (Å²) >= 11 is 7.36. The van der Waals surface area contributed by atoms with Crippen molar-refractivity contribution in [2.24, 2.45) is 0 Å². The molecule has 0 aliphatic carbocycles. The molecule has 4 nitrogen and oxygen atoms in total. The molecule has 3 aromatic rings. The minimum Gasteiger partial charge on any atom is -0.358 e. The van der Waals surface area contributed by atoms with Crippen molar-refractivity contribution in [1.82, 2.24) is 9.29 Å². The van der Waals surface area contributed by atoms with Gasteiger partial charge in [-0.2, -0.15) is 4.31 Å². The number of hydrogen-bond donors (Lipinski definition) is 1. The molecular weight excluding hydrogens is 352 g/mol. The van der Waals surface area contributed by atoms with Crippen LogP contribution in [0.3, 0.4) is 0 Å². The number of benzene rings is 1. The smallest absolute Gasteiger partial charge is 0.252 e. The van der Waals surface area contributed by atoms with E-state index in [0.29, 0.717) is 28.7 Å². The fraction of sp³-hybridized carbons (Fsp3) is 0.250. The van der Waals surface area contributed by atoms with Crippen LogP contribution in [0.2, 0.25) is 5.02 Å². The largest absolute Gasteiger partial charge is 0.358 e. The SMILES string of the molecule is Cc1ccc(S(=O)(=O)N2CCc3[nH]c4cc(Cl)ccc4c3C2)s1. The average Bonchev–Trinajstić information content (AvgIpc) is 3.09. The molecule has 0 spiro atoms. The summed E-state index contributed by atoms with van der Waals surface area (Å²) in [5.74, 6) is 0. The number of hydrogen-bond acceptors (Lipinski definition) is 3. The number of halogens is 1. The summed E-state index contributed by atoms with van der Waals surface area (Å²) in [5, 5.41) is 1.72. The molecule has 7 heteroatoms. The highest BCUT2D eigenvalue weighted by atomic mass is 35.5. The lowest BCUT2D eigenvalue weighted by Gasteiger charge is -2.25. The second kappa shape index (κ2) is 5.34. The van der Waals surface area contributed by atoms with Crippen LogP contribution in [0.5, 0.6) is 0 Å². The van der Waals surface area contributed by atoms with Crippen molar-refractivity contribution in [2.45, 2.75) is 24.1 Å². The number of aromatic nitrogens is 1. The Labute approximate surface area is 143 Å². The molecule has 0 unspecified atom stereocenters. The van der Waals surface area contributed by atoms with Gasteiger partial charge in [0.15, 0.2) is 0 Å². The van der Waals surface area contributed by atoms with Crippen LogP contribution in [-0.2, 0) is 23.0 Å². The predicted molar refractivity (Wildman–Crippen MR) is 93.7 cm³/mol. The van der Waals surface area contributed by atoms with Gasteiger partial charge in [-0.1, -0.05) is 17.7 Å². The lowest BCUT2D eigenvalue weighted by atomic mass is 10.1. The minimum absolute atomic E-state index is 0.399. The quantitative estimate of drug-likeness (QED) is 0.746. The van der Waals surface area contributed by atoms with Crippen molar-refractivity contribution in [1.29, 1.82) is 0 Å². The van der Waals surface area contributed by atoms with Crippen molar-refractivity contribution < 1.29 is 8.42 Å². The van der Waals surface area contributed by atoms with Crippen LogP contribution in [0.4, 0.5) is 0 Å². The van der Waals surface area contributed by atoms with Crippen molar-refractivity contribution in [3.05, 3.63) is 51.5 Å². The summed E-state index contributed by atoms with van der Waals surface area (Å²) < 4.78 is 27.6. The van der Waals surface area contributed by atoms with Gasteiger partial charge in [-0.3, -0.25) is 0 Å². The van der Waals surface area contributed by atoms with E-state index in [9.17, 15) is 8.42 Å². The van der Waals surface area contributed by atoms with Crippen LogP contribution in [0, 0.1) is 6.92 Å². The summed E-state index contributed by atoms with van der Waals surface area (Å²) in [4.78, 5) is 4.37. The molecule has 1 aliphatic rings. The fourth-order valence-electron chi connectivity index (χ4n) is 3.05. The Morgan fingerprint density at radius 1 is 1.26 bits per heavy atom. The first-order valence-electron chi connectivity index (χ1n) is 7.31. The lowest BCUT2D eigenvalue weighted by molar-refractivity contribution is 0.392. The fourth-order valence-corrected chi connectivity index (χ4v) is 6.07. The first kappa shape index (κ1) is 15.2. The third-order valence-electron chi connectivity index (χ3n) is 4.21. The lowest BCUT2D eigenvalue weighted by Crippen LogP contribution is -2.35. The standard InChI is InChI=1S/C16H15ClN2O2S2/c1-10-2-5-16(22-10)23(20,21)19-7-6-14-13(9-19)12-4-3-11(17)8-15(12)18-14/h2-5,8,18H,6-7,9H2,1H3. The molecule has 2 aromatic heterocycles. The molecule has 0 saturated heterocycles. The van der Waals surface area contributed by atoms with E-state index in [1.54, 1.807) is 10.4 Å². The van der Waals surface area contributed by atoms with Crippen LogP contribution < -0.4 is 0 Å². The normalized spacial score (nSPS) is 15.9. The van der Waals surface area contributed by atoms with Gasteiger partial charge in [0.2, 0.25) is 0 Å². The monoisotopic (exact) mass is 366 g/mol. The number of aromatic amines is 1. The summed E-state index contributed by atoms with van der Waals surface area (Å²) in [7, 11) is -3.43. The van der Waals surface area contributed by atoms with E-state index in [-0.39, 0.29) is 0 Å². The van der Waals surface area contributed by atoms with E-state index in [1.165, 1.54) is 11.3 Å². The van der Waals surface area contributed by atoms with E-state index in [1.807, 2.05) is 31.2 Å². The second-order valence-corrected chi connectivity index (χ2v) is 9.61. The van der Waals surface area contributed by atoms with Gasteiger partial charge < -0.3 is 4.98 Å². The maximum atomic E-state index is 12.8. The van der Waals surface area contributed by atoms with Gasteiger partial charge in [0.25, 0.3) is 10.0 Å². The van der Waals surface area contributed by atoms with E-state index in [2.05, 4.69) is 4.98 Å². The molecule has 0 atom stereocenters. The number of nitrogens with one attached hydrogen (secondary N) is 1. The molecule has 0 bridgehead atoms. The molecule has 120 valence electrons. The predicted octanol–water partition coefficient (Wildman–Crippen LogP) is 3.94. The molecule has 0 radical (unpaired) electrons. The maximum absolute atomic E-state index is 12.8. The molecule has 0 amide bonds. The topological polar surface area (TPSA) is 53.2 Å². The Morgan fingerprint density at radius 2 is 2.09 bits per heavy atom. The summed E-state index contributed by atoms with van der Waals surface area (Å²) in [6, 6.07) is 9.23. The van der Waals surface area contributed by atoms with Gasteiger partial charge in [-0.15, -0.1) is 11.3 Å². The van der Waals surface area contributed by atoms with Gasteiger partial charge in [0.05, 0.1) is 0 Å². The Hall–Kier alpha value is -1.34. The van der Waals surface area contributed by atoms with Crippen LogP contribution in [0.25, 0.3) is 10.9 Å². The molecule has 0 fully saturated rings. The molecule has 4 rings (SSSR count). The third kappa shape index (κ3) is 2.50. The first-order valence-corrected chi connectivity index (χ1v) is 9.94. The Bertz CT molecular complexity index is 1000. The Balaban J connectivity index is 1.75. The van der Waals surface area contributed by atoms with Crippen LogP contribution >= 0.6 is 22.9 Å². The minimum atomic E-state index is -3.43. The number of thiophene rings is 1. The number of aryl methyl sites for hydroxylation is 1. The Morgan fingerprint density at radius 3 is 2.83 bits per heavy atom. The first-order chi connectivity index (χ1) is 10.9. The van der Waals surface area contributed by atoms with Gasteiger partial charge in [0.1, 0.15) is 4.21 Å². The average molecular weight is 367 g/mol. The Kier molecular flexibility index (Phi) is 3.53. The van der Waals surface area contributed by atoms with E-state index >= 15 is 0 Å². The molecule has 0 saturated carbocycles. The zero-order valence-electron chi connectivity index (χ0n) is 12.5. The van der Waals surface area contributed by atoms with E-state index in [0.717, 1.165) is 27.0 Å². The van der Waals surface area contributed by atoms with Crippen LogP contribution in [-0.4, -0.2) is 24.3 Å². The van der Waals surface area contributed by atoms with Crippen molar-refractivity contribution in [3.63, 3.8) is 0 Å².